The van der Waals surface area contributed by atoms with E-state index in [1.807, 2.05) is 6.07 Å². The number of ether oxygens (including phenoxy) is 1. The van der Waals surface area contributed by atoms with Crippen LogP contribution in [-0.4, -0.2) is 54.4 Å². The number of hydrogen-bond acceptors (Lipinski definition) is 5. The van der Waals surface area contributed by atoms with Crippen molar-refractivity contribution < 1.29 is 14.1 Å². The molecule has 1 saturated heterocycles. The first-order chi connectivity index (χ1) is 11.8. The topological polar surface area (TPSA) is 67.6 Å². The second-order valence-corrected chi connectivity index (χ2v) is 7.46. The third kappa shape index (κ3) is 3.35. The van der Waals surface area contributed by atoms with E-state index in [-0.39, 0.29) is 11.4 Å². The predicted octanol–water partition coefficient (Wildman–Crippen LogP) is 2.32. The van der Waals surface area contributed by atoms with Gasteiger partial charge in [0.25, 0.3) is 5.91 Å². The van der Waals surface area contributed by atoms with Gasteiger partial charge in [0.15, 0.2) is 5.69 Å². The summed E-state index contributed by atoms with van der Waals surface area (Å²) in [7, 11) is 0. The molecule has 24 heavy (non-hydrogen) atoms. The van der Waals surface area contributed by atoms with Gasteiger partial charge in [0.1, 0.15) is 5.76 Å². The average Bonchev–Trinajstić information content (AvgIpc) is 3.38. The number of hydrogen-bond donors (Lipinski definition) is 1. The Balaban J connectivity index is 1.40. The molecule has 0 aromatic carbocycles. The summed E-state index contributed by atoms with van der Waals surface area (Å²) in [6, 6.07) is 1.81. The Kier molecular flexibility index (Phi) is 4.59. The molecule has 0 atom stereocenters. The standard InChI is InChI=1S/C18H27N3O3/c22-17(15-12-16(24-20-15)14-4-5-14)19-13-18(6-2-1-3-7-18)21-8-10-23-11-9-21/h12,14H,1-11,13H2,(H,19,22). The maximum absolute atomic E-state index is 12.5. The van der Waals surface area contributed by atoms with Gasteiger partial charge in [0.2, 0.25) is 0 Å². The summed E-state index contributed by atoms with van der Waals surface area (Å²) in [4.78, 5) is 15.0. The van der Waals surface area contributed by atoms with Crippen molar-refractivity contribution >= 4 is 5.91 Å². The third-order valence-electron chi connectivity index (χ3n) is 5.78. The molecule has 0 radical (unpaired) electrons. The van der Waals surface area contributed by atoms with Crippen molar-refractivity contribution in [3.8, 4) is 0 Å². The molecule has 4 rings (SSSR count). The summed E-state index contributed by atoms with van der Waals surface area (Å²) in [5, 5.41) is 7.09. The van der Waals surface area contributed by atoms with Crippen molar-refractivity contribution in [2.45, 2.75) is 56.4 Å². The summed E-state index contributed by atoms with van der Waals surface area (Å²) in [5.41, 5.74) is 0.505. The molecule has 2 saturated carbocycles. The number of aromatic nitrogens is 1. The van der Waals surface area contributed by atoms with Gasteiger partial charge in [-0.3, -0.25) is 9.69 Å². The average molecular weight is 333 g/mol. The summed E-state index contributed by atoms with van der Waals surface area (Å²) >= 11 is 0. The lowest BCUT2D eigenvalue weighted by Gasteiger charge is -2.48. The summed E-state index contributed by atoms with van der Waals surface area (Å²) in [5.74, 6) is 1.24. The van der Waals surface area contributed by atoms with Crippen LogP contribution in [0.2, 0.25) is 0 Å². The van der Waals surface area contributed by atoms with Gasteiger partial charge in [-0.25, -0.2) is 0 Å². The van der Waals surface area contributed by atoms with Crippen LogP contribution >= 0.6 is 0 Å². The van der Waals surface area contributed by atoms with E-state index in [0.717, 1.165) is 57.7 Å². The van der Waals surface area contributed by atoms with E-state index < -0.39 is 0 Å². The van der Waals surface area contributed by atoms with E-state index in [4.69, 9.17) is 9.26 Å². The third-order valence-corrected chi connectivity index (χ3v) is 5.78. The number of carbonyl (C=O) groups is 1. The van der Waals surface area contributed by atoms with E-state index in [0.29, 0.717) is 18.2 Å². The van der Waals surface area contributed by atoms with E-state index >= 15 is 0 Å². The maximum Gasteiger partial charge on any atom is 0.273 e. The second kappa shape index (κ2) is 6.84. The fourth-order valence-corrected chi connectivity index (χ4v) is 4.14. The largest absolute Gasteiger partial charge is 0.379 e. The van der Waals surface area contributed by atoms with Gasteiger partial charge in [0, 0.05) is 37.2 Å². The maximum atomic E-state index is 12.5. The van der Waals surface area contributed by atoms with Crippen LogP contribution in [0.3, 0.4) is 0 Å². The number of morpholine rings is 1. The van der Waals surface area contributed by atoms with E-state index in [1.54, 1.807) is 0 Å². The van der Waals surface area contributed by atoms with Crippen molar-refractivity contribution in [1.82, 2.24) is 15.4 Å². The Labute approximate surface area is 142 Å². The summed E-state index contributed by atoms with van der Waals surface area (Å²) in [6.07, 6.45) is 8.38. The van der Waals surface area contributed by atoms with E-state index in [2.05, 4.69) is 15.4 Å². The number of amides is 1. The van der Waals surface area contributed by atoms with Crippen LogP contribution in [0.15, 0.2) is 10.6 Å². The Bertz CT molecular complexity index is 570. The monoisotopic (exact) mass is 333 g/mol. The molecule has 1 N–H and O–H groups in total. The fourth-order valence-electron chi connectivity index (χ4n) is 4.14. The normalized spacial score (nSPS) is 24.7. The van der Waals surface area contributed by atoms with Gasteiger partial charge in [-0.1, -0.05) is 24.4 Å². The van der Waals surface area contributed by atoms with Crippen molar-refractivity contribution in [3.05, 3.63) is 17.5 Å². The zero-order chi connectivity index (χ0) is 16.4. The molecular formula is C18H27N3O3. The zero-order valence-electron chi connectivity index (χ0n) is 14.3. The molecule has 6 nitrogen and oxygen atoms in total. The van der Waals surface area contributed by atoms with Crippen LogP contribution < -0.4 is 5.32 Å². The molecule has 1 amide bonds. The molecule has 3 aliphatic rings. The lowest BCUT2D eigenvalue weighted by Crippen LogP contribution is -2.59. The van der Waals surface area contributed by atoms with Crippen LogP contribution in [0.1, 0.15) is 67.1 Å². The Morgan fingerprint density at radius 1 is 1.25 bits per heavy atom. The first-order valence-electron chi connectivity index (χ1n) is 9.34. The van der Waals surface area contributed by atoms with Crippen LogP contribution in [-0.2, 0) is 4.74 Å². The minimum Gasteiger partial charge on any atom is -0.379 e. The SMILES string of the molecule is O=C(NCC1(N2CCOCC2)CCCCC1)c1cc(C2CC2)on1. The van der Waals surface area contributed by atoms with Gasteiger partial charge in [0.05, 0.1) is 13.2 Å². The van der Waals surface area contributed by atoms with Gasteiger partial charge in [-0.05, 0) is 25.7 Å². The molecule has 0 unspecified atom stereocenters. The van der Waals surface area contributed by atoms with Crippen LogP contribution in [0.5, 0.6) is 0 Å². The van der Waals surface area contributed by atoms with Crippen molar-refractivity contribution in [1.29, 1.82) is 0 Å². The van der Waals surface area contributed by atoms with Crippen molar-refractivity contribution in [3.63, 3.8) is 0 Å². The number of nitrogens with one attached hydrogen (secondary N) is 1. The first kappa shape index (κ1) is 16.1. The van der Waals surface area contributed by atoms with Gasteiger partial charge in [-0.15, -0.1) is 0 Å². The smallest absolute Gasteiger partial charge is 0.273 e. The van der Waals surface area contributed by atoms with Crippen LogP contribution in [0.4, 0.5) is 0 Å². The van der Waals surface area contributed by atoms with Crippen LogP contribution in [0, 0.1) is 0 Å². The highest BCUT2D eigenvalue weighted by Crippen LogP contribution is 2.40. The fraction of sp³-hybridized carbons (Fsp3) is 0.778. The zero-order valence-corrected chi connectivity index (χ0v) is 14.3. The first-order valence-corrected chi connectivity index (χ1v) is 9.34. The van der Waals surface area contributed by atoms with Crippen LogP contribution in [0.25, 0.3) is 0 Å². The predicted molar refractivity (Wildman–Crippen MR) is 89.0 cm³/mol. The quantitative estimate of drug-likeness (QED) is 0.896. The van der Waals surface area contributed by atoms with Crippen molar-refractivity contribution in [2.24, 2.45) is 0 Å². The number of nitrogens with zero attached hydrogens (tertiary/aromatic N) is 2. The molecule has 2 heterocycles. The molecular weight excluding hydrogens is 306 g/mol. The molecule has 1 aliphatic heterocycles. The summed E-state index contributed by atoms with van der Waals surface area (Å²) < 4.78 is 10.8. The Morgan fingerprint density at radius 2 is 2.00 bits per heavy atom. The second-order valence-electron chi connectivity index (χ2n) is 7.46. The molecule has 132 valence electrons. The molecule has 2 aliphatic carbocycles. The highest BCUT2D eigenvalue weighted by molar-refractivity contribution is 5.92. The van der Waals surface area contributed by atoms with Crippen molar-refractivity contribution in [2.75, 3.05) is 32.8 Å². The minimum absolute atomic E-state index is 0.0841. The molecule has 6 heteroatoms. The summed E-state index contributed by atoms with van der Waals surface area (Å²) in [6.45, 7) is 4.21. The number of rotatable bonds is 5. The van der Waals surface area contributed by atoms with Gasteiger partial charge in [-0.2, -0.15) is 0 Å². The lowest BCUT2D eigenvalue weighted by atomic mass is 9.79. The highest BCUT2D eigenvalue weighted by atomic mass is 16.5. The van der Waals surface area contributed by atoms with E-state index in [1.165, 1.54) is 19.3 Å². The minimum atomic E-state index is -0.108. The number of carbonyl (C=O) groups excluding carboxylic acids is 1. The van der Waals surface area contributed by atoms with E-state index in [9.17, 15) is 4.79 Å². The molecule has 1 aromatic heterocycles. The molecule has 0 spiro atoms. The molecule has 0 bridgehead atoms. The van der Waals surface area contributed by atoms with Gasteiger partial charge >= 0.3 is 0 Å². The molecule has 1 aromatic rings. The van der Waals surface area contributed by atoms with Gasteiger partial charge < -0.3 is 14.6 Å². The Morgan fingerprint density at radius 3 is 2.71 bits per heavy atom. The highest BCUT2D eigenvalue weighted by Gasteiger charge is 2.39. The Hall–Kier alpha value is -1.40. The lowest BCUT2D eigenvalue weighted by molar-refractivity contribution is -0.0361. The molecule has 3 fully saturated rings.